The summed E-state index contributed by atoms with van der Waals surface area (Å²) >= 11 is 12.0. The molecular weight excluding hydrogens is 339 g/mol. The normalized spacial score (nSPS) is 12.0. The van der Waals surface area contributed by atoms with Crippen molar-refractivity contribution in [2.75, 3.05) is 6.61 Å². The van der Waals surface area contributed by atoms with Gasteiger partial charge in [-0.3, -0.25) is 9.59 Å². The maximum absolute atomic E-state index is 12.8. The fraction of sp³-hybridized carbons (Fsp3) is 0.312. The quantitative estimate of drug-likeness (QED) is 0.557. The second-order valence-electron chi connectivity index (χ2n) is 4.82. The van der Waals surface area contributed by atoms with E-state index in [9.17, 15) is 9.59 Å². The Bertz CT molecular complexity index is 686. The van der Waals surface area contributed by atoms with Crippen LogP contribution in [-0.2, 0) is 9.53 Å². The molecule has 1 atom stereocenters. The van der Waals surface area contributed by atoms with E-state index in [2.05, 4.69) is 4.98 Å². The van der Waals surface area contributed by atoms with E-state index >= 15 is 0 Å². The molecule has 1 aromatic carbocycles. The van der Waals surface area contributed by atoms with Gasteiger partial charge in [0.15, 0.2) is 10.9 Å². The number of hydrogen-bond acceptors (Lipinski definition) is 4. The number of rotatable bonds is 7. The van der Waals surface area contributed by atoms with E-state index in [1.165, 1.54) is 10.9 Å². The van der Waals surface area contributed by atoms with E-state index in [0.29, 0.717) is 12.2 Å². The van der Waals surface area contributed by atoms with Crippen molar-refractivity contribution in [2.45, 2.75) is 25.8 Å². The highest BCUT2D eigenvalue weighted by atomic mass is 35.5. The Morgan fingerprint density at radius 2 is 1.96 bits per heavy atom. The van der Waals surface area contributed by atoms with Crippen molar-refractivity contribution in [1.82, 2.24) is 9.55 Å². The van der Waals surface area contributed by atoms with Crippen LogP contribution in [0.5, 0.6) is 0 Å². The van der Waals surface area contributed by atoms with Crippen LogP contribution in [-0.4, -0.2) is 27.9 Å². The summed E-state index contributed by atoms with van der Waals surface area (Å²) in [6.45, 7) is 2.03. The summed E-state index contributed by atoms with van der Waals surface area (Å²) in [5.74, 6) is -0.522. The van der Waals surface area contributed by atoms with Crippen molar-refractivity contribution in [3.05, 3.63) is 52.5 Å². The predicted molar refractivity (Wildman–Crippen MR) is 87.9 cm³/mol. The van der Waals surface area contributed by atoms with Crippen molar-refractivity contribution in [1.29, 1.82) is 0 Å². The monoisotopic (exact) mass is 354 g/mol. The Balaban J connectivity index is 2.26. The molecule has 5 nitrogen and oxygen atoms in total. The lowest BCUT2D eigenvalue weighted by atomic mass is 10.00. The van der Waals surface area contributed by atoms with Crippen LogP contribution in [0.4, 0.5) is 0 Å². The minimum Gasteiger partial charge on any atom is -0.466 e. The van der Waals surface area contributed by atoms with Crippen LogP contribution < -0.4 is 0 Å². The Kier molecular flexibility index (Phi) is 6.19. The summed E-state index contributed by atoms with van der Waals surface area (Å²) in [5.41, 5.74) is 0.530. The molecular formula is C16H16Cl2N2O3. The smallest absolute Gasteiger partial charge is 0.305 e. The average molecular weight is 355 g/mol. The molecule has 0 amide bonds. The first-order valence-electron chi connectivity index (χ1n) is 7.17. The van der Waals surface area contributed by atoms with E-state index in [1.54, 1.807) is 31.2 Å². The second kappa shape index (κ2) is 8.13. The van der Waals surface area contributed by atoms with Gasteiger partial charge in [0.1, 0.15) is 5.15 Å². The van der Waals surface area contributed by atoms with Crippen LogP contribution >= 0.6 is 23.2 Å². The fourth-order valence-electron chi connectivity index (χ4n) is 2.22. The average Bonchev–Trinajstić information content (AvgIpc) is 2.88. The summed E-state index contributed by atoms with van der Waals surface area (Å²) in [6.07, 6.45) is 1.75. The first kappa shape index (κ1) is 17.5. The molecule has 0 radical (unpaired) electrons. The largest absolute Gasteiger partial charge is 0.466 e. The Hall–Kier alpha value is -1.85. The Labute approximate surface area is 144 Å². The lowest BCUT2D eigenvalue weighted by Gasteiger charge is -2.18. The highest BCUT2D eigenvalue weighted by molar-refractivity contribution is 6.40. The number of Topliss-reactive ketones (excluding diaryl/α,β-unsaturated/α-hetero) is 1. The lowest BCUT2D eigenvalue weighted by Crippen LogP contribution is -2.21. The number of halogens is 2. The van der Waals surface area contributed by atoms with E-state index in [4.69, 9.17) is 27.9 Å². The number of aromatic nitrogens is 2. The summed E-state index contributed by atoms with van der Waals surface area (Å²) in [6, 6.07) is 8.13. The van der Waals surface area contributed by atoms with Gasteiger partial charge in [-0.1, -0.05) is 53.5 Å². The molecule has 1 heterocycles. The zero-order valence-electron chi connectivity index (χ0n) is 12.5. The predicted octanol–water partition coefficient (Wildman–Crippen LogP) is 3.96. The number of ether oxygens (including phenoxy) is 1. The third-order valence-corrected chi connectivity index (χ3v) is 4.06. The van der Waals surface area contributed by atoms with Crippen LogP contribution in [0.3, 0.4) is 0 Å². The minimum atomic E-state index is -0.672. The number of carbonyl (C=O) groups excluding carboxylic acids is 2. The van der Waals surface area contributed by atoms with Gasteiger partial charge < -0.3 is 9.30 Å². The molecule has 0 spiro atoms. The molecule has 1 unspecified atom stereocenters. The van der Waals surface area contributed by atoms with E-state index in [1.807, 2.05) is 6.07 Å². The first-order chi connectivity index (χ1) is 11.0. The SMILES string of the molecule is CCOC(=O)CCC(C(=O)c1ccccc1)n1cnc(Cl)c1Cl. The molecule has 0 aliphatic carbocycles. The molecule has 0 N–H and O–H groups in total. The third kappa shape index (κ3) is 4.33. The zero-order valence-corrected chi connectivity index (χ0v) is 14.0. The van der Waals surface area contributed by atoms with Gasteiger partial charge in [-0.15, -0.1) is 0 Å². The Morgan fingerprint density at radius 1 is 1.26 bits per heavy atom. The van der Waals surface area contributed by atoms with Gasteiger partial charge in [-0.2, -0.15) is 0 Å². The highest BCUT2D eigenvalue weighted by Crippen LogP contribution is 2.28. The van der Waals surface area contributed by atoms with Crippen LogP contribution in [0, 0.1) is 0 Å². The van der Waals surface area contributed by atoms with Crippen molar-refractivity contribution in [2.24, 2.45) is 0 Å². The van der Waals surface area contributed by atoms with Crippen molar-refractivity contribution < 1.29 is 14.3 Å². The molecule has 0 fully saturated rings. The maximum Gasteiger partial charge on any atom is 0.305 e. The summed E-state index contributed by atoms with van der Waals surface area (Å²) in [5, 5.41) is 0.290. The number of benzene rings is 1. The Morgan fingerprint density at radius 3 is 2.52 bits per heavy atom. The second-order valence-corrected chi connectivity index (χ2v) is 5.54. The van der Waals surface area contributed by atoms with Gasteiger partial charge >= 0.3 is 5.97 Å². The van der Waals surface area contributed by atoms with Crippen LogP contribution in [0.2, 0.25) is 10.3 Å². The van der Waals surface area contributed by atoms with Crippen LogP contribution in [0.25, 0.3) is 0 Å². The number of ketones is 1. The molecule has 0 aliphatic rings. The van der Waals surface area contributed by atoms with Gasteiger partial charge in [0, 0.05) is 12.0 Å². The zero-order chi connectivity index (χ0) is 16.8. The molecule has 7 heteroatoms. The highest BCUT2D eigenvalue weighted by Gasteiger charge is 2.25. The van der Waals surface area contributed by atoms with E-state index < -0.39 is 6.04 Å². The van der Waals surface area contributed by atoms with Crippen LogP contribution in [0.15, 0.2) is 36.7 Å². The van der Waals surface area contributed by atoms with Gasteiger partial charge in [-0.25, -0.2) is 4.98 Å². The molecule has 0 aliphatic heterocycles. The molecule has 122 valence electrons. The lowest BCUT2D eigenvalue weighted by molar-refractivity contribution is -0.143. The molecule has 2 aromatic rings. The van der Waals surface area contributed by atoms with E-state index in [0.717, 1.165) is 0 Å². The van der Waals surface area contributed by atoms with Crippen molar-refractivity contribution in [3.8, 4) is 0 Å². The number of hydrogen-bond donors (Lipinski definition) is 0. The van der Waals surface area contributed by atoms with Crippen molar-refractivity contribution in [3.63, 3.8) is 0 Å². The summed E-state index contributed by atoms with van der Waals surface area (Å²) < 4.78 is 6.40. The van der Waals surface area contributed by atoms with Crippen LogP contribution in [0.1, 0.15) is 36.2 Å². The number of carbonyl (C=O) groups is 2. The molecule has 1 aromatic heterocycles. The molecule has 2 rings (SSSR count). The first-order valence-corrected chi connectivity index (χ1v) is 7.93. The summed E-state index contributed by atoms with van der Waals surface area (Å²) in [4.78, 5) is 28.3. The summed E-state index contributed by atoms with van der Waals surface area (Å²) in [7, 11) is 0. The molecule has 23 heavy (non-hydrogen) atoms. The number of imidazole rings is 1. The molecule has 0 saturated carbocycles. The van der Waals surface area contributed by atoms with Gasteiger partial charge in [-0.05, 0) is 13.3 Å². The van der Waals surface area contributed by atoms with Gasteiger partial charge in [0.05, 0.1) is 19.0 Å². The third-order valence-electron chi connectivity index (χ3n) is 3.32. The maximum atomic E-state index is 12.8. The minimum absolute atomic E-state index is 0.100. The van der Waals surface area contributed by atoms with Crippen molar-refractivity contribution >= 4 is 35.0 Å². The topological polar surface area (TPSA) is 61.2 Å². The number of esters is 1. The molecule has 0 bridgehead atoms. The van der Waals surface area contributed by atoms with E-state index in [-0.39, 0.29) is 34.9 Å². The molecule has 0 saturated heterocycles. The van der Waals surface area contributed by atoms with Gasteiger partial charge in [0.25, 0.3) is 0 Å². The fourth-order valence-corrected chi connectivity index (χ4v) is 2.57. The standard InChI is InChI=1S/C16H16Cl2N2O3/c1-2-23-13(21)9-8-12(20-10-19-15(17)16(20)18)14(22)11-6-4-3-5-7-11/h3-7,10,12H,2,8-9H2,1H3. The number of nitrogens with zero attached hydrogens (tertiary/aromatic N) is 2. The van der Waals surface area contributed by atoms with Gasteiger partial charge in [0.2, 0.25) is 0 Å².